The molecule has 0 amide bonds. The molecule has 4 N–H and O–H groups in total. The third kappa shape index (κ3) is 5.13. The summed E-state index contributed by atoms with van der Waals surface area (Å²) in [4.78, 5) is 24.2. The van der Waals surface area contributed by atoms with Crippen LogP contribution >= 0.6 is 0 Å². The minimum absolute atomic E-state index is 0.00431. The van der Waals surface area contributed by atoms with Crippen molar-refractivity contribution >= 4 is 16.9 Å². The van der Waals surface area contributed by atoms with Gasteiger partial charge in [0.2, 0.25) is 0 Å². The Kier molecular flexibility index (Phi) is 8.28. The monoisotopic (exact) mass is 710 g/mol. The summed E-state index contributed by atoms with van der Waals surface area (Å²) in [6.07, 6.45) is 12.6. The molecule has 1 aromatic heterocycles. The molecule has 3 fully saturated rings. The van der Waals surface area contributed by atoms with Crippen molar-refractivity contribution in [1.29, 1.82) is 0 Å². The van der Waals surface area contributed by atoms with Crippen LogP contribution in [0.5, 0.6) is 23.0 Å². The van der Waals surface area contributed by atoms with Gasteiger partial charge in [-0.3, -0.25) is 9.59 Å². The normalized spacial score (nSPS) is 33.3. The Hall–Kier alpha value is -4.20. The molecule has 278 valence electrons. The zero-order valence-electron chi connectivity index (χ0n) is 32.0. The van der Waals surface area contributed by atoms with Crippen molar-refractivity contribution in [3.63, 3.8) is 0 Å². The summed E-state index contributed by atoms with van der Waals surface area (Å²) in [5, 5.41) is 41.4. The van der Waals surface area contributed by atoms with E-state index in [1.54, 1.807) is 13.0 Å². The van der Waals surface area contributed by atoms with E-state index in [1.165, 1.54) is 17.2 Å². The van der Waals surface area contributed by atoms with Crippen molar-refractivity contribution in [2.24, 2.45) is 27.6 Å². The molecule has 52 heavy (non-hydrogen) atoms. The smallest absolute Gasteiger partial charge is 0.309 e. The van der Waals surface area contributed by atoms with E-state index in [-0.39, 0.29) is 49.7 Å². The lowest BCUT2D eigenvalue weighted by Gasteiger charge is -2.69. The number of rotatable bonds is 1. The molecule has 5 aliphatic rings. The largest absolute Gasteiger partial charge is 0.507 e. The Morgan fingerprint density at radius 2 is 1.52 bits per heavy atom. The van der Waals surface area contributed by atoms with E-state index >= 15 is 0 Å². The summed E-state index contributed by atoms with van der Waals surface area (Å²) in [7, 11) is 0. The molecule has 2 aromatic carbocycles. The second-order valence-corrected chi connectivity index (χ2v) is 17.9. The standard InChI is InChI=1S/C29H40O4.C15H14O4/c1-17-18-7-8-21-27(4,19(18)15-20(30)23(17)31)12-14-29(6)22-16-26(3,24(32)33)10-9-25(22,2)11-13-28(21,29)5;1-8-3-4-10-12(18-7-8)6-13-14(15(10)17)11(16)5-9(2)19-13/h8,15,22,30-31H,7,9-14,16H2,1-6H3,(H,32,33);3,5-6,17H,4,7H2,1-2H3. The number of phenolic OH excluding ortho intramolecular Hbond substituents is 3. The molecule has 0 bridgehead atoms. The molecule has 0 saturated heterocycles. The van der Waals surface area contributed by atoms with Gasteiger partial charge < -0.3 is 29.6 Å². The van der Waals surface area contributed by atoms with Gasteiger partial charge in [0.15, 0.2) is 16.9 Å². The van der Waals surface area contributed by atoms with E-state index in [4.69, 9.17) is 9.15 Å². The van der Waals surface area contributed by atoms with Crippen LogP contribution in [-0.4, -0.2) is 33.0 Å². The predicted molar refractivity (Wildman–Crippen MR) is 201 cm³/mol. The maximum Gasteiger partial charge on any atom is 0.309 e. The van der Waals surface area contributed by atoms with Crippen LogP contribution in [0, 0.1) is 41.4 Å². The SMILES string of the molecule is CC1=CCc2c(cc3oc(C)cc(=O)c3c2O)OC1.Cc1c(O)c(O)cc2c1CC=C1C2(C)CCC2(C)C3CC(C)(C(=O)O)CCC3(C)CCC12C. The number of aliphatic carboxylic acids is 1. The van der Waals surface area contributed by atoms with Crippen LogP contribution < -0.4 is 10.2 Å². The quantitative estimate of drug-likeness (QED) is 0.145. The van der Waals surface area contributed by atoms with Gasteiger partial charge in [-0.05, 0) is 136 Å². The average Bonchev–Trinajstić information content (AvgIpc) is 3.27. The molecule has 0 radical (unpaired) electrons. The molecule has 6 atom stereocenters. The van der Waals surface area contributed by atoms with Gasteiger partial charge in [-0.15, -0.1) is 0 Å². The molecule has 6 unspecified atom stereocenters. The lowest BCUT2D eigenvalue weighted by atomic mass is 9.34. The van der Waals surface area contributed by atoms with Crippen LogP contribution in [0.2, 0.25) is 0 Å². The number of fused-ring (bicyclic) bond motifs is 9. The lowest BCUT2D eigenvalue weighted by Crippen LogP contribution is -2.62. The minimum Gasteiger partial charge on any atom is -0.507 e. The molecule has 8 rings (SSSR count). The number of carbonyl (C=O) groups is 1. The summed E-state index contributed by atoms with van der Waals surface area (Å²) in [5.41, 5.74) is 5.87. The van der Waals surface area contributed by atoms with Crippen molar-refractivity contribution in [2.45, 2.75) is 119 Å². The van der Waals surface area contributed by atoms with Gasteiger partial charge >= 0.3 is 5.97 Å². The Balaban J connectivity index is 0.000000187. The molecular weight excluding hydrogens is 656 g/mol. The number of phenols is 3. The maximum absolute atomic E-state index is 12.3. The molecule has 3 saturated carbocycles. The summed E-state index contributed by atoms with van der Waals surface area (Å²) >= 11 is 0. The van der Waals surface area contributed by atoms with Crippen LogP contribution in [0.4, 0.5) is 0 Å². The van der Waals surface area contributed by atoms with Crippen molar-refractivity contribution in [1.82, 2.24) is 0 Å². The highest BCUT2D eigenvalue weighted by Gasteiger charge is 2.67. The Morgan fingerprint density at radius 1 is 0.827 bits per heavy atom. The number of aryl methyl sites for hydroxylation is 1. The van der Waals surface area contributed by atoms with Crippen molar-refractivity contribution in [3.05, 3.63) is 79.7 Å². The second-order valence-electron chi connectivity index (χ2n) is 17.9. The minimum atomic E-state index is -0.641. The van der Waals surface area contributed by atoms with Gasteiger partial charge in [0, 0.05) is 23.1 Å². The van der Waals surface area contributed by atoms with E-state index in [2.05, 4.69) is 33.8 Å². The van der Waals surface area contributed by atoms with Gasteiger partial charge in [-0.25, -0.2) is 0 Å². The first kappa shape index (κ1) is 36.2. The molecule has 1 aliphatic heterocycles. The van der Waals surface area contributed by atoms with Crippen LogP contribution in [0.25, 0.3) is 11.0 Å². The zero-order valence-corrected chi connectivity index (χ0v) is 32.0. The summed E-state index contributed by atoms with van der Waals surface area (Å²) in [5.74, 6) is 0.773. The fourth-order valence-corrected chi connectivity index (χ4v) is 11.2. The van der Waals surface area contributed by atoms with Crippen molar-refractivity contribution in [3.8, 4) is 23.0 Å². The first-order chi connectivity index (χ1) is 24.3. The van der Waals surface area contributed by atoms with E-state index in [1.807, 2.05) is 32.9 Å². The van der Waals surface area contributed by atoms with Crippen LogP contribution in [0.15, 0.2) is 50.7 Å². The van der Waals surface area contributed by atoms with E-state index in [9.17, 15) is 30.0 Å². The van der Waals surface area contributed by atoms with Crippen LogP contribution in [0.3, 0.4) is 0 Å². The Bertz CT molecular complexity index is 2140. The number of benzene rings is 2. The van der Waals surface area contributed by atoms with Gasteiger partial charge in [-0.2, -0.15) is 0 Å². The molecule has 3 aromatic rings. The summed E-state index contributed by atoms with van der Waals surface area (Å²) in [6, 6.07) is 4.88. The van der Waals surface area contributed by atoms with E-state index in [0.29, 0.717) is 41.6 Å². The lowest BCUT2D eigenvalue weighted by molar-refractivity contribution is -0.177. The topological polar surface area (TPSA) is 137 Å². The molecule has 0 spiro atoms. The highest BCUT2D eigenvalue weighted by Crippen LogP contribution is 2.74. The number of carboxylic acid groups (broad SMARTS) is 1. The number of hydrogen-bond donors (Lipinski definition) is 4. The summed E-state index contributed by atoms with van der Waals surface area (Å²) in [6.45, 7) is 17.7. The first-order valence-electron chi connectivity index (χ1n) is 18.9. The first-order valence-corrected chi connectivity index (χ1v) is 18.9. The van der Waals surface area contributed by atoms with Gasteiger partial charge in [0.25, 0.3) is 0 Å². The van der Waals surface area contributed by atoms with Crippen LogP contribution in [0.1, 0.15) is 115 Å². The van der Waals surface area contributed by atoms with Gasteiger partial charge in [0.1, 0.15) is 34.8 Å². The van der Waals surface area contributed by atoms with Gasteiger partial charge in [0.05, 0.1) is 5.41 Å². The number of hydrogen-bond acceptors (Lipinski definition) is 7. The van der Waals surface area contributed by atoms with Crippen LogP contribution in [-0.2, 0) is 23.1 Å². The number of carboxylic acids is 1. The number of allylic oxidation sites excluding steroid dienone is 3. The molecule has 8 nitrogen and oxygen atoms in total. The second kappa shape index (κ2) is 11.9. The third-order valence-electron chi connectivity index (χ3n) is 14.9. The van der Waals surface area contributed by atoms with Crippen molar-refractivity contribution < 1.29 is 34.4 Å². The highest BCUT2D eigenvalue weighted by atomic mass is 16.5. The average molecular weight is 711 g/mol. The molecular formula is C44H54O8. The molecule has 2 heterocycles. The highest BCUT2D eigenvalue weighted by molar-refractivity contribution is 5.87. The van der Waals surface area contributed by atoms with Gasteiger partial charge in [-0.1, -0.05) is 45.4 Å². The van der Waals surface area contributed by atoms with Crippen molar-refractivity contribution in [2.75, 3.05) is 6.61 Å². The van der Waals surface area contributed by atoms with E-state index in [0.717, 1.165) is 68.1 Å². The maximum atomic E-state index is 12.3. The predicted octanol–water partition coefficient (Wildman–Crippen LogP) is 9.33. The Morgan fingerprint density at radius 3 is 2.23 bits per heavy atom. The van der Waals surface area contributed by atoms with E-state index < -0.39 is 11.4 Å². The fourth-order valence-electron chi connectivity index (χ4n) is 11.2. The fraction of sp³-hybridized carbons (Fsp3) is 0.545. The third-order valence-corrected chi connectivity index (χ3v) is 14.9. The zero-order chi connectivity index (χ0) is 37.8. The Labute approximate surface area is 306 Å². The number of ether oxygens (including phenoxy) is 1. The molecule has 8 heteroatoms. The summed E-state index contributed by atoms with van der Waals surface area (Å²) < 4.78 is 11.1. The number of aromatic hydroxyl groups is 3. The molecule has 4 aliphatic carbocycles.